The molecule has 4 rings (SSSR count). The van der Waals surface area contributed by atoms with Crippen LogP contribution in [0.3, 0.4) is 0 Å². The Morgan fingerprint density at radius 3 is 2.43 bits per heavy atom. The normalized spacial score (nSPS) is 10.8. The van der Waals surface area contributed by atoms with E-state index < -0.39 is 0 Å². The first-order valence-corrected chi connectivity index (χ1v) is 10.0. The molecule has 0 saturated heterocycles. The van der Waals surface area contributed by atoms with Crippen LogP contribution >= 0.6 is 11.3 Å². The highest BCUT2D eigenvalue weighted by molar-refractivity contribution is 7.13. The van der Waals surface area contributed by atoms with E-state index in [2.05, 4.69) is 31.2 Å². The second-order valence-electron chi connectivity index (χ2n) is 6.78. The Balaban J connectivity index is 1.76. The van der Waals surface area contributed by atoms with E-state index >= 15 is 0 Å². The Morgan fingerprint density at radius 1 is 1.00 bits per heavy atom. The third-order valence-electron chi connectivity index (χ3n) is 4.71. The highest BCUT2D eigenvalue weighted by Gasteiger charge is 2.24. The molecule has 0 bridgehead atoms. The average molecular weight is 388 g/mol. The van der Waals surface area contributed by atoms with E-state index in [1.807, 2.05) is 65.7 Å². The first kappa shape index (κ1) is 18.3. The molecule has 0 N–H and O–H groups in total. The number of aromatic nitrogens is 1. The summed E-state index contributed by atoms with van der Waals surface area (Å²) in [6.45, 7) is 2.31. The standard InChI is InChI=1S/C24H21NO2S/c1-17-10-12-19(13-11-17)23-22(20(15-25(23)2)21-9-6-14-28-21)24(26)27-16-18-7-4-3-5-8-18/h3-15H,16H2,1-2H3. The molecular formula is C24H21NO2S. The van der Waals surface area contributed by atoms with E-state index in [0.29, 0.717) is 5.56 Å². The molecule has 0 aliphatic carbocycles. The molecule has 2 aromatic heterocycles. The van der Waals surface area contributed by atoms with Crippen molar-refractivity contribution in [1.82, 2.24) is 4.57 Å². The van der Waals surface area contributed by atoms with Gasteiger partial charge in [-0.15, -0.1) is 11.3 Å². The molecule has 2 aromatic carbocycles. The molecule has 28 heavy (non-hydrogen) atoms. The monoisotopic (exact) mass is 387 g/mol. The van der Waals surface area contributed by atoms with Crippen LogP contribution < -0.4 is 0 Å². The largest absolute Gasteiger partial charge is 0.457 e. The Labute approximate surface area is 168 Å². The zero-order chi connectivity index (χ0) is 19.5. The van der Waals surface area contributed by atoms with Crippen LogP contribution in [0, 0.1) is 6.92 Å². The lowest BCUT2D eigenvalue weighted by Crippen LogP contribution is -2.08. The number of ether oxygens (including phenoxy) is 1. The van der Waals surface area contributed by atoms with Crippen LogP contribution in [-0.2, 0) is 18.4 Å². The van der Waals surface area contributed by atoms with Gasteiger partial charge in [0, 0.05) is 23.7 Å². The molecule has 3 nitrogen and oxygen atoms in total. The second-order valence-corrected chi connectivity index (χ2v) is 7.73. The van der Waals surface area contributed by atoms with Crippen LogP contribution in [0.25, 0.3) is 21.7 Å². The predicted octanol–water partition coefficient (Wildman–Crippen LogP) is 6.09. The van der Waals surface area contributed by atoms with Crippen molar-refractivity contribution < 1.29 is 9.53 Å². The number of hydrogen-bond acceptors (Lipinski definition) is 3. The molecule has 2 heterocycles. The summed E-state index contributed by atoms with van der Waals surface area (Å²) in [7, 11) is 1.97. The third kappa shape index (κ3) is 3.64. The first-order valence-electron chi connectivity index (χ1n) is 9.15. The highest BCUT2D eigenvalue weighted by Crippen LogP contribution is 2.37. The van der Waals surface area contributed by atoms with E-state index in [1.165, 1.54) is 5.56 Å². The zero-order valence-electron chi connectivity index (χ0n) is 15.9. The Hall–Kier alpha value is -3.11. The van der Waals surface area contributed by atoms with Crippen molar-refractivity contribution in [3.05, 3.63) is 95.0 Å². The number of rotatable bonds is 5. The van der Waals surface area contributed by atoms with Crippen molar-refractivity contribution in [3.63, 3.8) is 0 Å². The lowest BCUT2D eigenvalue weighted by Gasteiger charge is -2.10. The van der Waals surface area contributed by atoms with E-state index in [9.17, 15) is 4.79 Å². The van der Waals surface area contributed by atoms with Gasteiger partial charge in [0.1, 0.15) is 6.61 Å². The molecule has 0 amide bonds. The second kappa shape index (κ2) is 7.87. The van der Waals surface area contributed by atoms with Gasteiger partial charge < -0.3 is 9.30 Å². The maximum absolute atomic E-state index is 13.2. The summed E-state index contributed by atoms with van der Waals surface area (Å²) in [4.78, 5) is 14.2. The Morgan fingerprint density at radius 2 is 1.75 bits per heavy atom. The van der Waals surface area contributed by atoms with Crippen LogP contribution in [0.5, 0.6) is 0 Å². The van der Waals surface area contributed by atoms with Gasteiger partial charge in [-0.2, -0.15) is 0 Å². The van der Waals surface area contributed by atoms with Crippen molar-refractivity contribution in [1.29, 1.82) is 0 Å². The van der Waals surface area contributed by atoms with Gasteiger partial charge in [0.05, 0.1) is 11.3 Å². The van der Waals surface area contributed by atoms with Crippen molar-refractivity contribution >= 4 is 17.3 Å². The van der Waals surface area contributed by atoms with Crippen molar-refractivity contribution in [2.75, 3.05) is 0 Å². The molecule has 0 atom stereocenters. The smallest absolute Gasteiger partial charge is 0.341 e. The number of thiophene rings is 1. The summed E-state index contributed by atoms with van der Waals surface area (Å²) in [5, 5.41) is 2.02. The minimum atomic E-state index is -0.302. The summed E-state index contributed by atoms with van der Waals surface area (Å²) >= 11 is 1.62. The Kier molecular flexibility index (Phi) is 5.13. The molecule has 0 spiro atoms. The van der Waals surface area contributed by atoms with Gasteiger partial charge in [-0.3, -0.25) is 0 Å². The molecule has 0 aliphatic heterocycles. The minimum absolute atomic E-state index is 0.256. The molecule has 140 valence electrons. The number of carbonyl (C=O) groups excluding carboxylic acids is 1. The van der Waals surface area contributed by atoms with Crippen molar-refractivity contribution in [2.45, 2.75) is 13.5 Å². The fourth-order valence-corrected chi connectivity index (χ4v) is 4.05. The topological polar surface area (TPSA) is 31.2 Å². The maximum atomic E-state index is 13.2. The van der Waals surface area contributed by atoms with Gasteiger partial charge in [0.2, 0.25) is 0 Å². The summed E-state index contributed by atoms with van der Waals surface area (Å²) in [5.41, 5.74) is 5.56. The molecule has 0 radical (unpaired) electrons. The predicted molar refractivity (Wildman–Crippen MR) is 114 cm³/mol. The number of esters is 1. The number of carbonyl (C=O) groups is 1. The van der Waals surface area contributed by atoms with Crippen molar-refractivity contribution in [2.24, 2.45) is 7.05 Å². The summed E-state index contributed by atoms with van der Waals surface area (Å²) < 4.78 is 7.72. The van der Waals surface area contributed by atoms with Gasteiger partial charge in [-0.25, -0.2) is 4.79 Å². The van der Waals surface area contributed by atoms with Crippen LogP contribution in [0.2, 0.25) is 0 Å². The van der Waals surface area contributed by atoms with Crippen molar-refractivity contribution in [3.8, 4) is 21.7 Å². The molecule has 0 unspecified atom stereocenters. The maximum Gasteiger partial charge on any atom is 0.341 e. The van der Waals surface area contributed by atoms with Gasteiger partial charge >= 0.3 is 5.97 Å². The van der Waals surface area contributed by atoms with Crippen LogP contribution in [0.4, 0.5) is 0 Å². The number of hydrogen-bond donors (Lipinski definition) is 0. The molecule has 0 aliphatic rings. The minimum Gasteiger partial charge on any atom is -0.457 e. The summed E-state index contributed by atoms with van der Waals surface area (Å²) in [5.74, 6) is -0.302. The third-order valence-corrected chi connectivity index (χ3v) is 5.61. The summed E-state index contributed by atoms with van der Waals surface area (Å²) in [6.07, 6.45) is 2.01. The molecular weight excluding hydrogens is 366 g/mol. The fraction of sp³-hybridized carbons (Fsp3) is 0.125. The van der Waals surface area contributed by atoms with E-state index in [1.54, 1.807) is 11.3 Å². The molecule has 4 heteroatoms. The van der Waals surface area contributed by atoms with Gasteiger partial charge in [-0.05, 0) is 29.5 Å². The van der Waals surface area contributed by atoms with E-state index in [-0.39, 0.29) is 12.6 Å². The van der Waals surface area contributed by atoms with Gasteiger partial charge in [-0.1, -0.05) is 66.2 Å². The van der Waals surface area contributed by atoms with E-state index in [0.717, 1.165) is 27.3 Å². The molecule has 0 saturated carbocycles. The lowest BCUT2D eigenvalue weighted by atomic mass is 10.0. The number of nitrogens with zero attached hydrogens (tertiary/aromatic N) is 1. The van der Waals surface area contributed by atoms with Gasteiger partial charge in [0.25, 0.3) is 0 Å². The summed E-state index contributed by atoms with van der Waals surface area (Å²) in [6, 6.07) is 22.0. The van der Waals surface area contributed by atoms with E-state index in [4.69, 9.17) is 4.74 Å². The number of aryl methyl sites for hydroxylation is 2. The first-order chi connectivity index (χ1) is 13.6. The van der Waals surface area contributed by atoms with Crippen LogP contribution in [0.1, 0.15) is 21.5 Å². The van der Waals surface area contributed by atoms with Crippen LogP contribution in [0.15, 0.2) is 78.3 Å². The quantitative estimate of drug-likeness (QED) is 0.388. The lowest BCUT2D eigenvalue weighted by molar-refractivity contribution is 0.0474. The van der Waals surface area contributed by atoms with Crippen LogP contribution in [-0.4, -0.2) is 10.5 Å². The average Bonchev–Trinajstić information content (AvgIpc) is 3.35. The zero-order valence-corrected chi connectivity index (χ0v) is 16.7. The molecule has 0 fully saturated rings. The fourth-order valence-electron chi connectivity index (χ4n) is 3.31. The Bertz CT molecular complexity index is 1080. The number of benzene rings is 2. The molecule has 4 aromatic rings. The highest BCUT2D eigenvalue weighted by atomic mass is 32.1. The van der Waals surface area contributed by atoms with Gasteiger partial charge in [0.15, 0.2) is 0 Å². The SMILES string of the molecule is Cc1ccc(-c2c(C(=O)OCc3ccccc3)c(-c3cccs3)cn2C)cc1.